The fourth-order valence-electron chi connectivity index (χ4n) is 5.16. The van der Waals surface area contributed by atoms with E-state index in [1.54, 1.807) is 43.3 Å². The molecule has 0 aromatic heterocycles. The molecule has 4 aromatic rings. The van der Waals surface area contributed by atoms with Crippen LogP contribution in [0.25, 0.3) is 11.1 Å². The lowest BCUT2D eigenvalue weighted by atomic mass is 9.98. The van der Waals surface area contributed by atoms with Gasteiger partial charge >= 0.3 is 12.1 Å². The summed E-state index contributed by atoms with van der Waals surface area (Å²) in [6.07, 6.45) is -0.590. The fraction of sp³-hybridized carbons (Fsp3) is 0.125. The first kappa shape index (κ1) is 25.1. The number of nitrogens with zero attached hydrogens (tertiary/aromatic N) is 1. The quantitative estimate of drug-likeness (QED) is 0.310. The first-order valence-corrected chi connectivity index (χ1v) is 12.8. The Hall–Kier alpha value is -5.24. The first-order chi connectivity index (χ1) is 19.4. The number of fused-ring (bicyclic) bond motifs is 4. The number of carbonyl (C=O) groups excluding carboxylic acids is 4. The van der Waals surface area contributed by atoms with Crippen LogP contribution in [0.15, 0.2) is 97.1 Å². The minimum Gasteiger partial charge on any atom is -0.448 e. The molecule has 2 aliphatic rings. The molecule has 8 nitrogen and oxygen atoms in total. The Morgan fingerprint density at radius 1 is 0.750 bits per heavy atom. The lowest BCUT2D eigenvalue weighted by Crippen LogP contribution is -2.34. The Morgan fingerprint density at radius 2 is 1.25 bits per heavy atom. The average molecular weight is 533 g/mol. The largest absolute Gasteiger partial charge is 0.448 e. The van der Waals surface area contributed by atoms with E-state index in [9.17, 15) is 19.2 Å². The van der Waals surface area contributed by atoms with Gasteiger partial charge in [0.1, 0.15) is 6.61 Å². The number of hydrogen-bond donors (Lipinski definition) is 1. The molecule has 1 unspecified atom stereocenters. The molecular formula is C32H24N2O6. The van der Waals surface area contributed by atoms with Crippen LogP contribution < -0.4 is 5.32 Å². The van der Waals surface area contributed by atoms with Crippen molar-refractivity contribution in [1.29, 1.82) is 0 Å². The van der Waals surface area contributed by atoms with Gasteiger partial charge in [-0.25, -0.2) is 9.59 Å². The fourth-order valence-corrected chi connectivity index (χ4v) is 5.16. The van der Waals surface area contributed by atoms with Gasteiger partial charge in [0.15, 0.2) is 0 Å². The number of nitrogens with one attached hydrogen (secondary N) is 1. The molecule has 1 aliphatic heterocycles. The standard InChI is InChI=1S/C32H24N2O6/c1-19(31(37)40-34-29(35)26-12-6-7-13-27(26)30(34)36)20-14-16-21(17-15-20)33-32(38)39-18-28-24-10-4-2-8-22(24)23-9-3-5-11-25(23)28/h2-17,19,28H,18H2,1H3,(H,33,38). The Kier molecular flexibility index (Phi) is 6.36. The van der Waals surface area contributed by atoms with E-state index in [4.69, 9.17) is 9.57 Å². The maximum absolute atomic E-state index is 12.7. The Balaban J connectivity index is 1.06. The number of anilines is 1. The molecule has 0 bridgehead atoms. The monoisotopic (exact) mass is 532 g/mol. The van der Waals surface area contributed by atoms with Crippen LogP contribution in [0.5, 0.6) is 0 Å². The number of carbonyl (C=O) groups is 4. The van der Waals surface area contributed by atoms with Gasteiger partial charge in [0.2, 0.25) is 0 Å². The molecule has 0 saturated carbocycles. The molecule has 1 atom stereocenters. The van der Waals surface area contributed by atoms with E-state index in [0.29, 0.717) is 16.3 Å². The summed E-state index contributed by atoms with van der Waals surface area (Å²) in [7, 11) is 0. The van der Waals surface area contributed by atoms with Gasteiger partial charge in [0.05, 0.1) is 17.0 Å². The number of amides is 3. The molecular weight excluding hydrogens is 508 g/mol. The second-order valence-corrected chi connectivity index (χ2v) is 9.65. The van der Waals surface area contributed by atoms with Crippen LogP contribution in [-0.4, -0.2) is 35.5 Å². The van der Waals surface area contributed by atoms with Crippen LogP contribution in [0.1, 0.15) is 56.2 Å². The molecule has 3 amide bonds. The van der Waals surface area contributed by atoms with E-state index in [0.717, 1.165) is 22.3 Å². The third kappa shape index (κ3) is 4.39. The van der Waals surface area contributed by atoms with Gasteiger partial charge < -0.3 is 9.57 Å². The van der Waals surface area contributed by atoms with Gasteiger partial charge in [-0.2, -0.15) is 0 Å². The van der Waals surface area contributed by atoms with Gasteiger partial charge in [-0.05, 0) is 59.0 Å². The van der Waals surface area contributed by atoms with Crippen LogP contribution in [0, 0.1) is 0 Å². The third-order valence-electron chi connectivity index (χ3n) is 7.29. The van der Waals surface area contributed by atoms with E-state index < -0.39 is 29.8 Å². The highest BCUT2D eigenvalue weighted by molar-refractivity contribution is 6.20. The van der Waals surface area contributed by atoms with Crippen molar-refractivity contribution in [2.45, 2.75) is 18.8 Å². The molecule has 0 spiro atoms. The number of ether oxygens (including phenoxy) is 1. The van der Waals surface area contributed by atoms with Gasteiger partial charge in [-0.3, -0.25) is 14.9 Å². The summed E-state index contributed by atoms with van der Waals surface area (Å²) < 4.78 is 5.59. The van der Waals surface area contributed by atoms with Gasteiger partial charge in [0.25, 0.3) is 11.8 Å². The van der Waals surface area contributed by atoms with Crippen LogP contribution in [0.2, 0.25) is 0 Å². The first-order valence-electron chi connectivity index (χ1n) is 12.8. The molecule has 1 aliphatic carbocycles. The molecule has 0 saturated heterocycles. The van der Waals surface area contributed by atoms with Crippen LogP contribution in [0.3, 0.4) is 0 Å². The van der Waals surface area contributed by atoms with Gasteiger partial charge in [0, 0.05) is 11.6 Å². The Bertz CT molecular complexity index is 1580. The predicted molar refractivity (Wildman–Crippen MR) is 147 cm³/mol. The molecule has 1 N–H and O–H groups in total. The van der Waals surface area contributed by atoms with Crippen molar-refractivity contribution in [1.82, 2.24) is 5.06 Å². The minimum atomic E-state index is -0.771. The topological polar surface area (TPSA) is 102 Å². The van der Waals surface area contributed by atoms with Crippen LogP contribution in [0.4, 0.5) is 10.5 Å². The number of hydroxylamine groups is 2. The zero-order valence-corrected chi connectivity index (χ0v) is 21.5. The second kappa shape index (κ2) is 10.1. The highest BCUT2D eigenvalue weighted by atomic mass is 16.7. The molecule has 6 rings (SSSR count). The number of hydrogen-bond acceptors (Lipinski definition) is 6. The summed E-state index contributed by atoms with van der Waals surface area (Å²) in [5, 5.41) is 3.21. The molecule has 198 valence electrons. The van der Waals surface area contributed by atoms with Gasteiger partial charge in [-0.15, -0.1) is 0 Å². The zero-order valence-electron chi connectivity index (χ0n) is 21.5. The second-order valence-electron chi connectivity index (χ2n) is 9.65. The third-order valence-corrected chi connectivity index (χ3v) is 7.29. The van der Waals surface area contributed by atoms with Crippen molar-refractivity contribution in [2.75, 3.05) is 11.9 Å². The van der Waals surface area contributed by atoms with E-state index in [1.807, 2.05) is 24.3 Å². The van der Waals surface area contributed by atoms with Crippen molar-refractivity contribution >= 4 is 29.6 Å². The van der Waals surface area contributed by atoms with Crippen LogP contribution in [-0.2, 0) is 14.4 Å². The number of rotatable bonds is 6. The highest BCUT2D eigenvalue weighted by Gasteiger charge is 2.39. The average Bonchev–Trinajstić information content (AvgIpc) is 3.43. The van der Waals surface area contributed by atoms with E-state index in [2.05, 4.69) is 29.6 Å². The number of benzene rings is 4. The lowest BCUT2D eigenvalue weighted by molar-refractivity contribution is -0.170. The number of imide groups is 1. The summed E-state index contributed by atoms with van der Waals surface area (Å²) >= 11 is 0. The maximum Gasteiger partial charge on any atom is 0.411 e. The molecule has 0 radical (unpaired) electrons. The normalized spacial score (nSPS) is 14.3. The maximum atomic E-state index is 12.7. The van der Waals surface area contributed by atoms with Crippen LogP contribution >= 0.6 is 0 Å². The lowest BCUT2D eigenvalue weighted by Gasteiger charge is -2.17. The zero-order chi connectivity index (χ0) is 27.8. The van der Waals surface area contributed by atoms with Crippen molar-refractivity contribution in [3.63, 3.8) is 0 Å². The summed E-state index contributed by atoms with van der Waals surface area (Å²) in [6.45, 7) is 1.80. The molecule has 0 fully saturated rings. The van der Waals surface area contributed by atoms with Gasteiger partial charge in [-0.1, -0.05) is 77.9 Å². The molecule has 8 heteroatoms. The Labute approximate surface area is 230 Å². The summed E-state index contributed by atoms with van der Waals surface area (Å²) in [4.78, 5) is 55.5. The molecule has 40 heavy (non-hydrogen) atoms. The molecule has 4 aromatic carbocycles. The van der Waals surface area contributed by atoms with E-state index in [1.165, 1.54) is 12.1 Å². The van der Waals surface area contributed by atoms with Crippen molar-refractivity contribution in [2.24, 2.45) is 0 Å². The summed E-state index contributed by atoms with van der Waals surface area (Å²) in [5.41, 5.74) is 6.01. The predicted octanol–water partition coefficient (Wildman–Crippen LogP) is 5.91. The van der Waals surface area contributed by atoms with Crippen molar-refractivity contribution < 1.29 is 28.8 Å². The Morgan fingerprint density at radius 3 is 1.80 bits per heavy atom. The molecule has 1 heterocycles. The highest BCUT2D eigenvalue weighted by Crippen LogP contribution is 2.44. The smallest absolute Gasteiger partial charge is 0.411 e. The van der Waals surface area contributed by atoms with E-state index in [-0.39, 0.29) is 23.7 Å². The van der Waals surface area contributed by atoms with E-state index >= 15 is 0 Å². The SMILES string of the molecule is CC(C(=O)ON1C(=O)c2ccccc2C1=O)c1ccc(NC(=O)OCC2c3ccccc3-c3ccccc32)cc1. The minimum absolute atomic E-state index is 0.0467. The summed E-state index contributed by atoms with van der Waals surface area (Å²) in [5.74, 6) is -2.93. The van der Waals surface area contributed by atoms with Crippen molar-refractivity contribution in [3.05, 3.63) is 125 Å². The summed E-state index contributed by atoms with van der Waals surface area (Å²) in [6, 6.07) is 29.1. The van der Waals surface area contributed by atoms with Crippen molar-refractivity contribution in [3.8, 4) is 11.1 Å².